The summed E-state index contributed by atoms with van der Waals surface area (Å²) in [5, 5.41) is 13.5. The number of pyridine rings is 1. The second kappa shape index (κ2) is 6.62. The Morgan fingerprint density at radius 3 is 3.05 bits per heavy atom. The van der Waals surface area contributed by atoms with Gasteiger partial charge in [0.15, 0.2) is 12.0 Å². The van der Waals surface area contributed by atoms with Gasteiger partial charge in [-0.1, -0.05) is 11.6 Å². The summed E-state index contributed by atoms with van der Waals surface area (Å²) in [4.78, 5) is 11.0. The number of hydrogen-bond donors (Lipinski definition) is 4. The second-order valence-corrected chi connectivity index (χ2v) is 5.73. The molecule has 2 aliphatic rings. The smallest absolute Gasteiger partial charge is 0.164 e. The zero-order valence-corrected chi connectivity index (χ0v) is 13.0. The highest BCUT2D eigenvalue weighted by molar-refractivity contribution is 6.31. The Hall–Kier alpha value is -1.67. The van der Waals surface area contributed by atoms with Gasteiger partial charge in [0.05, 0.1) is 17.6 Å². The number of hydrogen-bond acceptors (Lipinski definition) is 7. The normalized spacial score (nSPS) is 27.5. The first-order valence-electron chi connectivity index (χ1n) is 7.22. The zero-order valence-electron chi connectivity index (χ0n) is 12.3. The van der Waals surface area contributed by atoms with Crippen LogP contribution in [0.2, 0.25) is 0 Å². The van der Waals surface area contributed by atoms with Gasteiger partial charge in [-0.2, -0.15) is 0 Å². The highest BCUT2D eigenvalue weighted by Gasteiger charge is 2.19. The number of aliphatic hydroxyl groups excluding tert-OH is 1. The molecule has 1 unspecified atom stereocenters. The quantitative estimate of drug-likeness (QED) is 0.592. The molecule has 8 heteroatoms. The van der Waals surface area contributed by atoms with Crippen molar-refractivity contribution in [2.75, 3.05) is 24.5 Å². The molecule has 0 saturated carbocycles. The van der Waals surface area contributed by atoms with Gasteiger partial charge in [0.25, 0.3) is 0 Å². The standard InChI is InChI=1S/C14H19ClN6O/c1-9-7-16-4-5-21(9)10-2-3-13(17-8-10)18-11-6-12(15)19-20-14(11)22/h2-3,6,8-9,14,16,19-20,22H,4-5,7H2,1H3/t9-,14?/m0/s1. The van der Waals surface area contributed by atoms with Crippen molar-refractivity contribution >= 4 is 28.8 Å². The van der Waals surface area contributed by atoms with E-state index in [0.29, 0.717) is 22.7 Å². The van der Waals surface area contributed by atoms with Crippen molar-refractivity contribution < 1.29 is 5.11 Å². The van der Waals surface area contributed by atoms with E-state index in [2.05, 4.69) is 38.0 Å². The van der Waals surface area contributed by atoms with Crippen molar-refractivity contribution in [1.82, 2.24) is 21.2 Å². The molecule has 0 bridgehead atoms. The number of nitrogens with one attached hydrogen (secondary N) is 3. The fourth-order valence-electron chi connectivity index (χ4n) is 2.52. The Morgan fingerprint density at radius 2 is 2.32 bits per heavy atom. The third-order valence-corrected chi connectivity index (χ3v) is 3.90. The lowest BCUT2D eigenvalue weighted by atomic mass is 10.2. The Bertz CT molecular complexity index is 588. The number of hydrazine groups is 1. The number of piperazine rings is 1. The van der Waals surface area contributed by atoms with E-state index in [0.717, 1.165) is 25.3 Å². The molecule has 3 heterocycles. The topological polar surface area (TPSA) is 84.8 Å². The molecule has 2 atom stereocenters. The molecule has 0 spiro atoms. The van der Waals surface area contributed by atoms with Crippen molar-refractivity contribution in [2.45, 2.75) is 19.2 Å². The van der Waals surface area contributed by atoms with Crippen LogP contribution in [0.15, 0.2) is 34.6 Å². The van der Waals surface area contributed by atoms with Gasteiger partial charge in [-0.3, -0.25) is 0 Å². The number of nitrogens with zero attached hydrogens (tertiary/aromatic N) is 3. The average molecular weight is 323 g/mol. The molecule has 118 valence electrons. The first kappa shape index (κ1) is 15.2. The van der Waals surface area contributed by atoms with Crippen molar-refractivity contribution in [3.63, 3.8) is 0 Å². The van der Waals surface area contributed by atoms with Crippen LogP contribution in [0.3, 0.4) is 0 Å². The average Bonchev–Trinajstić information content (AvgIpc) is 2.52. The molecule has 0 aliphatic carbocycles. The predicted molar refractivity (Wildman–Crippen MR) is 87.2 cm³/mol. The maximum Gasteiger partial charge on any atom is 0.164 e. The largest absolute Gasteiger partial charge is 0.371 e. The summed E-state index contributed by atoms with van der Waals surface area (Å²) in [5.41, 5.74) is 6.72. The van der Waals surface area contributed by atoms with E-state index >= 15 is 0 Å². The minimum absolute atomic E-state index is 0.371. The maximum atomic E-state index is 9.79. The molecule has 2 aliphatic heterocycles. The van der Waals surface area contributed by atoms with Gasteiger partial charge in [-0.25, -0.2) is 15.4 Å². The molecule has 0 aromatic carbocycles. The van der Waals surface area contributed by atoms with Crippen LogP contribution >= 0.6 is 11.6 Å². The number of aromatic nitrogens is 1. The molecule has 0 amide bonds. The summed E-state index contributed by atoms with van der Waals surface area (Å²) in [6.07, 6.45) is 2.46. The monoisotopic (exact) mass is 322 g/mol. The Balaban J connectivity index is 1.78. The Kier molecular flexibility index (Phi) is 4.58. The summed E-state index contributed by atoms with van der Waals surface area (Å²) < 4.78 is 0. The van der Waals surface area contributed by atoms with E-state index in [9.17, 15) is 5.11 Å². The van der Waals surface area contributed by atoms with E-state index in [1.807, 2.05) is 18.3 Å². The number of aliphatic imine (C=N–C) groups is 1. The van der Waals surface area contributed by atoms with Crippen LogP contribution in [-0.4, -0.2) is 47.7 Å². The molecule has 1 saturated heterocycles. The summed E-state index contributed by atoms with van der Waals surface area (Å²) in [6.45, 7) is 5.09. The first-order valence-corrected chi connectivity index (χ1v) is 7.60. The molecule has 1 aromatic heterocycles. The van der Waals surface area contributed by atoms with Gasteiger partial charge in [0.2, 0.25) is 0 Å². The molecule has 1 fully saturated rings. The SMILES string of the molecule is C[C@H]1CNCCN1c1ccc(N=C2C=C(Cl)NNC2O)nc1. The van der Waals surface area contributed by atoms with E-state index in [1.165, 1.54) is 0 Å². The van der Waals surface area contributed by atoms with Crippen LogP contribution in [0.4, 0.5) is 11.5 Å². The number of aliphatic hydroxyl groups is 1. The van der Waals surface area contributed by atoms with Crippen molar-refractivity contribution in [2.24, 2.45) is 4.99 Å². The van der Waals surface area contributed by atoms with Gasteiger partial charge in [-0.05, 0) is 19.1 Å². The fourth-order valence-corrected chi connectivity index (χ4v) is 2.69. The third kappa shape index (κ3) is 3.38. The van der Waals surface area contributed by atoms with E-state index in [1.54, 1.807) is 6.08 Å². The Morgan fingerprint density at radius 1 is 1.45 bits per heavy atom. The van der Waals surface area contributed by atoms with Gasteiger partial charge >= 0.3 is 0 Å². The molecule has 3 rings (SSSR count). The predicted octanol–water partition coefficient (Wildman–Crippen LogP) is 0.459. The van der Waals surface area contributed by atoms with Gasteiger partial charge in [0, 0.05) is 31.8 Å². The molecule has 4 N–H and O–H groups in total. The van der Waals surface area contributed by atoms with Gasteiger partial charge < -0.3 is 20.7 Å². The van der Waals surface area contributed by atoms with E-state index in [-0.39, 0.29) is 0 Å². The second-order valence-electron chi connectivity index (χ2n) is 5.32. The summed E-state index contributed by atoms with van der Waals surface area (Å²) >= 11 is 5.85. The summed E-state index contributed by atoms with van der Waals surface area (Å²) in [5.74, 6) is 0.532. The zero-order chi connectivity index (χ0) is 15.5. The highest BCUT2D eigenvalue weighted by atomic mass is 35.5. The minimum atomic E-state index is -0.919. The molecular weight excluding hydrogens is 304 g/mol. The Labute approximate surface area is 134 Å². The summed E-state index contributed by atoms with van der Waals surface area (Å²) in [6, 6.07) is 4.28. The van der Waals surface area contributed by atoms with Crippen LogP contribution in [0, 0.1) is 0 Å². The van der Waals surface area contributed by atoms with Crippen LogP contribution < -0.4 is 21.1 Å². The molecule has 0 radical (unpaired) electrons. The molecule has 22 heavy (non-hydrogen) atoms. The lowest BCUT2D eigenvalue weighted by Crippen LogP contribution is -2.49. The highest BCUT2D eigenvalue weighted by Crippen LogP contribution is 2.20. The lowest BCUT2D eigenvalue weighted by molar-refractivity contribution is 0.187. The van der Waals surface area contributed by atoms with E-state index < -0.39 is 6.23 Å². The molecule has 7 nitrogen and oxygen atoms in total. The third-order valence-electron chi connectivity index (χ3n) is 3.69. The number of halogens is 1. The van der Waals surface area contributed by atoms with Crippen LogP contribution in [-0.2, 0) is 0 Å². The summed E-state index contributed by atoms with van der Waals surface area (Å²) in [7, 11) is 0. The maximum absolute atomic E-state index is 9.79. The van der Waals surface area contributed by atoms with Crippen molar-refractivity contribution in [1.29, 1.82) is 0 Å². The van der Waals surface area contributed by atoms with E-state index in [4.69, 9.17) is 11.6 Å². The van der Waals surface area contributed by atoms with Crippen LogP contribution in [0.25, 0.3) is 0 Å². The van der Waals surface area contributed by atoms with Crippen molar-refractivity contribution in [3.8, 4) is 0 Å². The molecular formula is C14H19ClN6O. The minimum Gasteiger partial charge on any atom is -0.371 e. The molecule has 1 aromatic rings. The number of rotatable bonds is 2. The van der Waals surface area contributed by atoms with Crippen LogP contribution in [0.1, 0.15) is 6.92 Å². The van der Waals surface area contributed by atoms with Gasteiger partial charge in [-0.15, -0.1) is 0 Å². The number of anilines is 1. The fraction of sp³-hybridized carbons (Fsp3) is 0.429. The first-order chi connectivity index (χ1) is 10.6. The lowest BCUT2D eigenvalue weighted by Gasteiger charge is -2.35. The van der Waals surface area contributed by atoms with Crippen molar-refractivity contribution in [3.05, 3.63) is 29.6 Å². The van der Waals surface area contributed by atoms with Gasteiger partial charge in [0.1, 0.15) is 5.16 Å². The van der Waals surface area contributed by atoms with Crippen LogP contribution in [0.5, 0.6) is 0 Å².